The number of carbonyl (C=O) groups excluding carboxylic acids is 1. The monoisotopic (exact) mass is 460 g/mol. The van der Waals surface area contributed by atoms with Crippen LogP contribution in [0.5, 0.6) is 5.75 Å². The van der Waals surface area contributed by atoms with E-state index < -0.39 is 49.3 Å². The second kappa shape index (κ2) is 10.6. The number of para-hydroxylation sites is 1. The Morgan fingerprint density at radius 2 is 1.88 bits per heavy atom. The van der Waals surface area contributed by atoms with Crippen molar-refractivity contribution in [3.05, 3.63) is 59.7 Å². The number of anilines is 1. The lowest BCUT2D eigenvalue weighted by molar-refractivity contribution is -0.277. The first-order valence-electron chi connectivity index (χ1n) is 10.3. The number of rotatable bonds is 8. The van der Waals surface area contributed by atoms with Crippen LogP contribution in [-0.2, 0) is 9.53 Å². The summed E-state index contributed by atoms with van der Waals surface area (Å²) in [4.78, 5) is 12.8. The predicted octanol–water partition coefficient (Wildman–Crippen LogP) is -0.951. The molecule has 1 amide bonds. The number of nitrogens with one attached hydrogen (secondary N) is 3. The molecule has 0 saturated carbocycles. The zero-order valence-corrected chi connectivity index (χ0v) is 17.9. The molecule has 0 aliphatic carbocycles. The third-order valence-corrected chi connectivity index (χ3v) is 5.31. The summed E-state index contributed by atoms with van der Waals surface area (Å²) in [7, 11) is 1.48. The molecule has 1 fully saturated rings. The first kappa shape index (κ1) is 24.4. The van der Waals surface area contributed by atoms with E-state index in [4.69, 9.17) is 20.6 Å². The maximum Gasteiger partial charge on any atom is 0.247 e. The van der Waals surface area contributed by atoms with Crippen molar-refractivity contribution in [2.24, 2.45) is 5.73 Å². The van der Waals surface area contributed by atoms with Gasteiger partial charge in [0.15, 0.2) is 0 Å². The zero-order chi connectivity index (χ0) is 24.1. The first-order valence-corrected chi connectivity index (χ1v) is 10.3. The summed E-state index contributed by atoms with van der Waals surface area (Å²) in [5, 5.41) is 53.0. The van der Waals surface area contributed by atoms with Gasteiger partial charge in [0.1, 0.15) is 42.0 Å². The number of benzene rings is 2. The van der Waals surface area contributed by atoms with Crippen molar-refractivity contribution >= 4 is 17.4 Å². The number of aliphatic hydroxyl groups is 4. The van der Waals surface area contributed by atoms with E-state index in [1.807, 2.05) is 0 Å². The van der Waals surface area contributed by atoms with Crippen molar-refractivity contribution in [2.75, 3.05) is 19.0 Å². The third kappa shape index (κ3) is 5.41. The predicted molar refractivity (Wildman–Crippen MR) is 119 cm³/mol. The Hall–Kier alpha value is -3.22. The molecule has 1 aliphatic rings. The molecule has 2 aromatic rings. The fourth-order valence-corrected chi connectivity index (χ4v) is 3.49. The van der Waals surface area contributed by atoms with Crippen LogP contribution in [0.2, 0.25) is 0 Å². The molecule has 0 bridgehead atoms. The fourth-order valence-electron chi connectivity index (χ4n) is 3.49. The smallest absolute Gasteiger partial charge is 0.247 e. The van der Waals surface area contributed by atoms with Crippen LogP contribution >= 0.6 is 0 Å². The molecule has 33 heavy (non-hydrogen) atoms. The topological polar surface area (TPSA) is 190 Å². The summed E-state index contributed by atoms with van der Waals surface area (Å²) < 4.78 is 11.2. The Balaban J connectivity index is 1.92. The number of amidine groups is 1. The molecule has 11 heteroatoms. The van der Waals surface area contributed by atoms with Gasteiger partial charge in [-0.05, 0) is 18.2 Å². The molecule has 9 N–H and O–H groups in total. The van der Waals surface area contributed by atoms with Crippen LogP contribution in [0.4, 0.5) is 5.69 Å². The van der Waals surface area contributed by atoms with E-state index in [9.17, 15) is 25.2 Å². The number of aliphatic hydroxyl groups excluding tert-OH is 4. The van der Waals surface area contributed by atoms with Crippen molar-refractivity contribution in [3.8, 4) is 5.75 Å². The van der Waals surface area contributed by atoms with E-state index in [-0.39, 0.29) is 11.6 Å². The summed E-state index contributed by atoms with van der Waals surface area (Å²) in [5.74, 6) is -0.347. The van der Waals surface area contributed by atoms with E-state index in [1.54, 1.807) is 48.5 Å². The average molecular weight is 460 g/mol. The van der Waals surface area contributed by atoms with Gasteiger partial charge in [0.25, 0.3) is 0 Å². The number of ether oxygens (including phenoxy) is 2. The Bertz CT molecular complexity index is 987. The quantitative estimate of drug-likeness (QED) is 0.181. The lowest BCUT2D eigenvalue weighted by atomic mass is 9.99. The van der Waals surface area contributed by atoms with E-state index in [0.29, 0.717) is 16.8 Å². The average Bonchev–Trinajstić information content (AvgIpc) is 2.83. The maximum atomic E-state index is 12.8. The molecule has 0 spiro atoms. The molecular formula is C22H28N4O7. The van der Waals surface area contributed by atoms with E-state index in [2.05, 4.69) is 10.6 Å². The van der Waals surface area contributed by atoms with Crippen molar-refractivity contribution in [1.29, 1.82) is 5.41 Å². The Labute approximate surface area is 190 Å². The molecule has 1 saturated heterocycles. The highest BCUT2D eigenvalue weighted by molar-refractivity contribution is 5.96. The van der Waals surface area contributed by atoms with Crippen LogP contribution in [0.3, 0.4) is 0 Å². The minimum atomic E-state index is -1.60. The maximum absolute atomic E-state index is 12.8. The van der Waals surface area contributed by atoms with Gasteiger partial charge in [0.05, 0.1) is 6.61 Å². The van der Waals surface area contributed by atoms with Gasteiger partial charge < -0.3 is 46.3 Å². The van der Waals surface area contributed by atoms with Crippen LogP contribution in [0.15, 0.2) is 48.5 Å². The highest BCUT2D eigenvalue weighted by atomic mass is 16.7. The minimum absolute atomic E-state index is 0.124. The third-order valence-electron chi connectivity index (χ3n) is 5.31. The largest absolute Gasteiger partial charge is 0.462 e. The van der Waals surface area contributed by atoms with Crippen molar-refractivity contribution < 1.29 is 34.7 Å². The molecule has 3 rings (SSSR count). The van der Waals surface area contributed by atoms with Gasteiger partial charge in [-0.1, -0.05) is 30.3 Å². The van der Waals surface area contributed by atoms with Crippen LogP contribution in [0.1, 0.15) is 17.2 Å². The van der Waals surface area contributed by atoms with Gasteiger partial charge in [-0.3, -0.25) is 10.2 Å². The Kier molecular flexibility index (Phi) is 7.84. The lowest BCUT2D eigenvalue weighted by Gasteiger charge is -2.39. The van der Waals surface area contributed by atoms with Crippen molar-refractivity contribution in [1.82, 2.24) is 5.32 Å². The molecule has 178 valence electrons. The summed E-state index contributed by atoms with van der Waals surface area (Å²) in [6.07, 6.45) is -7.27. The molecule has 11 nitrogen and oxygen atoms in total. The minimum Gasteiger partial charge on any atom is -0.462 e. The molecular weight excluding hydrogens is 432 g/mol. The number of amides is 1. The fraction of sp³-hybridized carbons (Fsp3) is 0.364. The molecule has 1 heterocycles. The standard InChI is InChI=1S/C22H28N4O7/c1-25-21(31)16(26-12-6-4-5-11(9-12)20(23)24)13-7-2-3-8-14(13)32-22-19(30)18(29)17(28)15(10-27)33-22/h2-9,15-19,22,26-30H,10H2,1H3,(H3,23,24)(H,25,31). The van der Waals surface area contributed by atoms with Crippen LogP contribution in [0.25, 0.3) is 0 Å². The highest BCUT2D eigenvalue weighted by Gasteiger charge is 2.45. The SMILES string of the molecule is CNC(=O)C(Nc1cccc(C(=N)N)c1)c1ccccc1OC1OC(CO)C(O)C(O)C1O. The molecule has 2 aromatic carbocycles. The number of hydrogen-bond donors (Lipinski definition) is 8. The summed E-state index contributed by atoms with van der Waals surface area (Å²) >= 11 is 0. The van der Waals surface area contributed by atoms with Gasteiger partial charge >= 0.3 is 0 Å². The van der Waals surface area contributed by atoms with Crippen LogP contribution in [0, 0.1) is 5.41 Å². The first-order chi connectivity index (χ1) is 15.8. The van der Waals surface area contributed by atoms with Crippen molar-refractivity contribution in [3.63, 3.8) is 0 Å². The van der Waals surface area contributed by atoms with Gasteiger partial charge in [-0.25, -0.2) is 0 Å². The zero-order valence-electron chi connectivity index (χ0n) is 17.9. The molecule has 6 unspecified atom stereocenters. The molecule has 1 aliphatic heterocycles. The van der Waals surface area contributed by atoms with E-state index in [0.717, 1.165) is 0 Å². The van der Waals surface area contributed by atoms with Gasteiger partial charge in [-0.2, -0.15) is 0 Å². The normalized spacial score (nSPS) is 25.7. The van der Waals surface area contributed by atoms with Crippen molar-refractivity contribution in [2.45, 2.75) is 36.7 Å². The molecule has 0 radical (unpaired) electrons. The summed E-state index contributed by atoms with van der Waals surface area (Å²) in [6, 6.07) is 12.3. The second-order valence-electron chi connectivity index (χ2n) is 7.54. The number of nitrogens with two attached hydrogens (primary N) is 1. The number of hydrogen-bond acceptors (Lipinski definition) is 9. The molecule has 0 aromatic heterocycles. The van der Waals surface area contributed by atoms with Crippen LogP contribution in [-0.4, -0.2) is 76.5 Å². The van der Waals surface area contributed by atoms with E-state index in [1.165, 1.54) is 7.05 Å². The van der Waals surface area contributed by atoms with Gasteiger partial charge in [0.2, 0.25) is 12.2 Å². The lowest BCUT2D eigenvalue weighted by Crippen LogP contribution is -2.60. The second-order valence-corrected chi connectivity index (χ2v) is 7.54. The molecule has 6 atom stereocenters. The summed E-state index contributed by atoms with van der Waals surface area (Å²) in [6.45, 7) is -0.596. The number of likely N-dealkylation sites (N-methyl/N-ethyl adjacent to an activating group) is 1. The van der Waals surface area contributed by atoms with Crippen LogP contribution < -0.4 is 21.1 Å². The highest BCUT2D eigenvalue weighted by Crippen LogP contribution is 2.32. The Morgan fingerprint density at radius 1 is 1.15 bits per heavy atom. The summed E-state index contributed by atoms with van der Waals surface area (Å²) in [5.41, 5.74) is 6.95. The number of carbonyl (C=O) groups is 1. The Morgan fingerprint density at radius 3 is 2.55 bits per heavy atom. The number of nitrogen functional groups attached to an aromatic ring is 1. The van der Waals surface area contributed by atoms with E-state index >= 15 is 0 Å². The van der Waals surface area contributed by atoms with Gasteiger partial charge in [-0.15, -0.1) is 0 Å². The van der Waals surface area contributed by atoms with Gasteiger partial charge in [0, 0.05) is 23.9 Å².